The Morgan fingerprint density at radius 2 is 1.44 bits per heavy atom. The highest BCUT2D eigenvalue weighted by Crippen LogP contribution is 2.29. The van der Waals surface area contributed by atoms with Crippen LogP contribution < -0.4 is 5.73 Å². The Bertz CT molecular complexity index is 182. The van der Waals surface area contributed by atoms with Crippen molar-refractivity contribution in [3.63, 3.8) is 0 Å². The van der Waals surface area contributed by atoms with Crippen molar-refractivity contribution in [3.8, 4) is 0 Å². The van der Waals surface area contributed by atoms with Gasteiger partial charge < -0.3 is 15.9 Å². The summed E-state index contributed by atoms with van der Waals surface area (Å²) < 4.78 is 0. The molecular weight excluding hydrogens is 230 g/mol. The fourth-order valence-electron chi connectivity index (χ4n) is 1.47. The van der Waals surface area contributed by atoms with Crippen molar-refractivity contribution in [1.82, 2.24) is 0 Å². The third-order valence-corrected chi connectivity index (χ3v) is 2.10. The predicted octanol–water partition coefficient (Wildman–Crippen LogP) is 2.67. The van der Waals surface area contributed by atoms with Crippen LogP contribution in [-0.2, 0) is 4.79 Å². The highest BCUT2D eigenvalue weighted by atomic mass is 16.5. The van der Waals surface area contributed by atoms with Crippen molar-refractivity contribution in [3.05, 3.63) is 0 Å². The molecule has 0 radical (unpaired) electrons. The largest absolute Gasteiger partial charge is 0.369 e. The molecule has 1 amide bonds. The third-order valence-electron chi connectivity index (χ3n) is 2.10. The van der Waals surface area contributed by atoms with Gasteiger partial charge in [0.25, 0.3) is 0 Å². The van der Waals surface area contributed by atoms with Gasteiger partial charge in [-0.25, -0.2) is 0 Å². The summed E-state index contributed by atoms with van der Waals surface area (Å²) in [6, 6.07) is 0. The first-order valence-corrected chi connectivity index (χ1v) is 6.94. The van der Waals surface area contributed by atoms with E-state index in [1.807, 2.05) is 27.7 Å². The Morgan fingerprint density at radius 1 is 1.11 bits per heavy atom. The van der Waals surface area contributed by atoms with Crippen LogP contribution in [0.1, 0.15) is 67.7 Å². The summed E-state index contributed by atoms with van der Waals surface area (Å²) in [5.41, 5.74) is 5.12. The van der Waals surface area contributed by atoms with Gasteiger partial charge in [0.2, 0.25) is 5.91 Å². The van der Waals surface area contributed by atoms with Crippen molar-refractivity contribution in [2.45, 2.75) is 73.5 Å². The van der Waals surface area contributed by atoms with Crippen LogP contribution in [0.25, 0.3) is 0 Å². The third kappa shape index (κ3) is 20.8. The van der Waals surface area contributed by atoms with E-state index in [2.05, 4.69) is 6.92 Å². The molecular formula is C14H33NO3. The van der Waals surface area contributed by atoms with Gasteiger partial charge in [-0.05, 0) is 39.0 Å². The van der Waals surface area contributed by atoms with Crippen LogP contribution >= 0.6 is 0 Å². The van der Waals surface area contributed by atoms with Gasteiger partial charge in [-0.3, -0.25) is 4.79 Å². The van der Waals surface area contributed by atoms with Gasteiger partial charge in [-0.2, -0.15) is 0 Å². The number of rotatable bonds is 1. The predicted molar refractivity (Wildman–Crippen MR) is 76.9 cm³/mol. The molecule has 1 aliphatic rings. The molecule has 0 saturated heterocycles. The average Bonchev–Trinajstić information content (AvgIpc) is 2.69. The summed E-state index contributed by atoms with van der Waals surface area (Å²) in [6.07, 6.45) is 3.19. The maximum Gasteiger partial charge on any atom is 0.220 e. The van der Waals surface area contributed by atoms with Gasteiger partial charge in [0.15, 0.2) is 5.79 Å². The molecule has 0 spiro atoms. The molecule has 0 aromatic heterocycles. The lowest BCUT2D eigenvalue weighted by Gasteiger charge is -2.03. The minimum absolute atomic E-state index is 0.112. The maximum absolute atomic E-state index is 10.6. The van der Waals surface area contributed by atoms with E-state index in [1.165, 1.54) is 20.3 Å². The molecule has 0 aromatic rings. The van der Waals surface area contributed by atoms with Crippen molar-refractivity contribution in [2.75, 3.05) is 0 Å². The van der Waals surface area contributed by atoms with Crippen LogP contribution in [-0.4, -0.2) is 21.9 Å². The molecule has 112 valence electrons. The van der Waals surface area contributed by atoms with Crippen LogP contribution in [0.3, 0.4) is 0 Å². The lowest BCUT2D eigenvalue weighted by Crippen LogP contribution is -2.20. The van der Waals surface area contributed by atoms with Gasteiger partial charge in [-0.1, -0.05) is 34.6 Å². The van der Waals surface area contributed by atoms with Gasteiger partial charge in [0, 0.05) is 5.92 Å². The van der Waals surface area contributed by atoms with Crippen LogP contribution in [0.4, 0.5) is 0 Å². The summed E-state index contributed by atoms with van der Waals surface area (Å²) in [6.45, 7) is 12.8. The first-order valence-electron chi connectivity index (χ1n) is 6.94. The van der Waals surface area contributed by atoms with Crippen molar-refractivity contribution in [1.29, 1.82) is 0 Å². The molecule has 4 nitrogen and oxygen atoms in total. The summed E-state index contributed by atoms with van der Waals surface area (Å²) >= 11 is 0. The number of amides is 1. The van der Waals surface area contributed by atoms with Crippen LogP contribution in [0.15, 0.2) is 0 Å². The van der Waals surface area contributed by atoms with Crippen LogP contribution in [0, 0.1) is 11.8 Å². The van der Waals surface area contributed by atoms with E-state index in [0.29, 0.717) is 5.92 Å². The van der Waals surface area contributed by atoms with E-state index in [-0.39, 0.29) is 11.8 Å². The first kappa shape index (κ1) is 22.6. The summed E-state index contributed by atoms with van der Waals surface area (Å²) in [5.74, 6) is -0.721. The van der Waals surface area contributed by atoms with Gasteiger partial charge in [-0.15, -0.1) is 0 Å². The smallest absolute Gasteiger partial charge is 0.220 e. The highest BCUT2D eigenvalue weighted by Gasteiger charge is 2.24. The Morgan fingerprint density at radius 3 is 1.56 bits per heavy atom. The molecule has 0 aliphatic heterocycles. The number of hydrogen-bond donors (Lipinski definition) is 3. The van der Waals surface area contributed by atoms with Crippen molar-refractivity contribution >= 4 is 5.91 Å². The molecule has 1 rings (SSSR count). The monoisotopic (exact) mass is 263 g/mol. The van der Waals surface area contributed by atoms with Gasteiger partial charge >= 0.3 is 0 Å². The summed E-state index contributed by atoms with van der Waals surface area (Å²) in [4.78, 5) is 10.6. The van der Waals surface area contributed by atoms with E-state index < -0.39 is 5.79 Å². The second-order valence-electron chi connectivity index (χ2n) is 4.51. The van der Waals surface area contributed by atoms with Gasteiger partial charge in [0.1, 0.15) is 0 Å². The van der Waals surface area contributed by atoms with Crippen molar-refractivity contribution in [2.24, 2.45) is 17.6 Å². The van der Waals surface area contributed by atoms with E-state index in [0.717, 1.165) is 12.8 Å². The number of carbonyl (C=O) groups excluding carboxylic acids is 1. The molecule has 2 atom stereocenters. The van der Waals surface area contributed by atoms with Crippen molar-refractivity contribution < 1.29 is 15.0 Å². The quantitative estimate of drug-likeness (QED) is 0.636. The molecule has 1 aliphatic carbocycles. The molecule has 0 bridgehead atoms. The van der Waals surface area contributed by atoms with Crippen LogP contribution in [0.2, 0.25) is 0 Å². The van der Waals surface area contributed by atoms with E-state index in [1.54, 1.807) is 0 Å². The minimum Gasteiger partial charge on any atom is -0.369 e. The fourth-order valence-corrected chi connectivity index (χ4v) is 1.47. The number of nitrogens with two attached hydrogens (primary N) is 1. The molecule has 4 heteroatoms. The molecule has 0 heterocycles. The molecule has 18 heavy (non-hydrogen) atoms. The number of carbonyl (C=O) groups is 1. The lowest BCUT2D eigenvalue weighted by molar-refractivity contribution is -0.127. The van der Waals surface area contributed by atoms with E-state index in [4.69, 9.17) is 15.9 Å². The summed E-state index contributed by atoms with van der Waals surface area (Å²) in [7, 11) is 0. The minimum atomic E-state index is -1.50. The Labute approximate surface area is 113 Å². The fraction of sp³-hybridized carbons (Fsp3) is 0.929. The van der Waals surface area contributed by atoms with E-state index in [9.17, 15) is 4.79 Å². The van der Waals surface area contributed by atoms with E-state index >= 15 is 0 Å². The van der Waals surface area contributed by atoms with Crippen LogP contribution in [0.5, 0.6) is 0 Å². The second kappa shape index (κ2) is 12.8. The number of hydrogen-bond acceptors (Lipinski definition) is 3. The maximum atomic E-state index is 10.6. The molecule has 0 aromatic carbocycles. The topological polar surface area (TPSA) is 83.6 Å². The zero-order valence-corrected chi connectivity index (χ0v) is 13.2. The molecule has 1 saturated carbocycles. The summed E-state index contributed by atoms with van der Waals surface area (Å²) in [5, 5.41) is 16.2. The first-order chi connectivity index (χ1) is 8.20. The standard InChI is InChI=1S/C7H13NO.C3H8O2.2C2H6/c1-5-2-3-6(4-5)7(8)9;1-3(2,4)5;2*1-2/h5-6H,2-4H2,1H3,(H2,8,9);4-5H,1-2H3;2*1-2H3. The molecule has 4 N–H and O–H groups in total. The Hall–Kier alpha value is -0.610. The highest BCUT2D eigenvalue weighted by molar-refractivity contribution is 5.76. The molecule has 2 unspecified atom stereocenters. The zero-order valence-electron chi connectivity index (χ0n) is 13.2. The normalized spacial score (nSPS) is 21.4. The lowest BCUT2D eigenvalue weighted by atomic mass is 10.1. The van der Waals surface area contributed by atoms with Gasteiger partial charge in [0.05, 0.1) is 0 Å². The number of aliphatic hydroxyl groups is 2. The average molecular weight is 263 g/mol. The number of primary amides is 1. The SMILES string of the molecule is CC.CC.CC(C)(O)O.CC1CCC(C(N)=O)C1. The Balaban J connectivity index is -0.000000215. The molecule has 1 fully saturated rings. The second-order valence-corrected chi connectivity index (χ2v) is 4.51. The Kier molecular flexibility index (Phi) is 16.1. The zero-order chi connectivity index (χ0) is 15.4.